The molecule has 27 heavy (non-hydrogen) atoms. The fourth-order valence-electron chi connectivity index (χ4n) is 2.60. The number of terminal acetylenes is 1. The predicted molar refractivity (Wildman–Crippen MR) is 102 cm³/mol. The van der Waals surface area contributed by atoms with Crippen molar-refractivity contribution in [3.05, 3.63) is 59.9 Å². The van der Waals surface area contributed by atoms with Crippen molar-refractivity contribution in [3.8, 4) is 35.6 Å². The van der Waals surface area contributed by atoms with E-state index in [1.165, 1.54) is 0 Å². The first-order valence-electron chi connectivity index (χ1n) is 8.13. The summed E-state index contributed by atoms with van der Waals surface area (Å²) >= 11 is 0. The van der Waals surface area contributed by atoms with E-state index in [1.807, 2.05) is 31.2 Å². The van der Waals surface area contributed by atoms with Crippen molar-refractivity contribution in [2.75, 3.05) is 5.73 Å². The van der Waals surface area contributed by atoms with Gasteiger partial charge in [-0.1, -0.05) is 30.2 Å². The van der Waals surface area contributed by atoms with Crippen LogP contribution in [0.5, 0.6) is 0 Å². The maximum atomic E-state index is 9.47. The fraction of sp³-hybridized carbons (Fsp3) is 0.100. The predicted octanol–water partition coefficient (Wildman–Crippen LogP) is 3.36. The number of nitrogens with zero attached hydrogens (tertiary/aromatic N) is 5. The topological polar surface area (TPSA) is 107 Å². The van der Waals surface area contributed by atoms with Crippen molar-refractivity contribution < 1.29 is 4.63 Å². The Kier molecular flexibility index (Phi) is 5.15. The van der Waals surface area contributed by atoms with Gasteiger partial charge in [0, 0.05) is 6.20 Å². The molecule has 0 aliphatic carbocycles. The smallest absolute Gasteiger partial charge is 0.199 e. The second kappa shape index (κ2) is 7.85. The molecule has 2 aromatic heterocycles. The van der Waals surface area contributed by atoms with Crippen LogP contribution in [0, 0.1) is 23.7 Å². The molecule has 7 heteroatoms. The number of aromatic nitrogens is 4. The number of nitriles is 1. The van der Waals surface area contributed by atoms with E-state index in [0.29, 0.717) is 34.9 Å². The second-order valence-corrected chi connectivity index (χ2v) is 5.56. The molecule has 0 bridgehead atoms. The zero-order chi connectivity index (χ0) is 19.2. The van der Waals surface area contributed by atoms with Gasteiger partial charge in [-0.15, -0.1) is 6.42 Å². The van der Waals surface area contributed by atoms with Gasteiger partial charge < -0.3 is 5.73 Å². The summed E-state index contributed by atoms with van der Waals surface area (Å²) in [6, 6.07) is 9.35. The van der Waals surface area contributed by atoms with Crippen molar-refractivity contribution in [3.63, 3.8) is 0 Å². The minimum Gasteiger partial charge on any atom is -0.379 e. The average molecular weight is 356 g/mol. The van der Waals surface area contributed by atoms with Crippen LogP contribution < -0.4 is 5.73 Å². The van der Waals surface area contributed by atoms with Crippen LogP contribution in [0.4, 0.5) is 5.82 Å². The van der Waals surface area contributed by atoms with Crippen LogP contribution in [0.25, 0.3) is 22.8 Å². The fourth-order valence-corrected chi connectivity index (χ4v) is 2.60. The van der Waals surface area contributed by atoms with E-state index in [-0.39, 0.29) is 5.82 Å². The number of nitrogens with two attached hydrogens (primary N) is 1. The maximum absolute atomic E-state index is 9.47. The van der Waals surface area contributed by atoms with Gasteiger partial charge in [0.25, 0.3) is 0 Å². The highest BCUT2D eigenvalue weighted by molar-refractivity contribution is 5.72. The average Bonchev–Trinajstić information content (AvgIpc) is 3.31. The van der Waals surface area contributed by atoms with Crippen LogP contribution in [0.1, 0.15) is 24.6 Å². The highest BCUT2D eigenvalue weighted by atomic mass is 16.6. The quantitative estimate of drug-likeness (QED) is 0.555. The lowest BCUT2D eigenvalue weighted by Crippen LogP contribution is -2.00. The molecule has 0 amide bonds. The maximum Gasteiger partial charge on any atom is 0.199 e. The number of anilines is 1. The van der Waals surface area contributed by atoms with Gasteiger partial charge in [0.15, 0.2) is 17.3 Å². The van der Waals surface area contributed by atoms with Gasteiger partial charge in [-0.25, -0.2) is 9.61 Å². The molecular formula is C20H16N6O. The van der Waals surface area contributed by atoms with Gasteiger partial charge in [-0.3, -0.25) is 4.57 Å². The third kappa shape index (κ3) is 3.48. The van der Waals surface area contributed by atoms with Crippen molar-refractivity contribution in [2.45, 2.75) is 13.3 Å². The largest absolute Gasteiger partial charge is 0.379 e. The molecule has 0 aliphatic rings. The van der Waals surface area contributed by atoms with Crippen molar-refractivity contribution in [2.24, 2.45) is 0 Å². The minimum absolute atomic E-state index is 0.110. The Labute approximate surface area is 156 Å². The lowest BCUT2D eigenvalue weighted by Gasteiger charge is -2.07. The normalized spacial score (nSPS) is 11.4. The summed E-state index contributed by atoms with van der Waals surface area (Å²) in [6.07, 6.45) is 13.5. The number of para-hydroxylation sites is 1. The Morgan fingerprint density at radius 2 is 2.19 bits per heavy atom. The molecule has 7 nitrogen and oxygen atoms in total. The zero-order valence-corrected chi connectivity index (χ0v) is 14.6. The minimum atomic E-state index is 0.110. The number of imidazole rings is 1. The third-order valence-corrected chi connectivity index (χ3v) is 3.88. The number of benzene rings is 1. The van der Waals surface area contributed by atoms with Gasteiger partial charge in [0.2, 0.25) is 0 Å². The van der Waals surface area contributed by atoms with Gasteiger partial charge in [0.05, 0.1) is 16.9 Å². The third-order valence-electron chi connectivity index (χ3n) is 3.88. The first kappa shape index (κ1) is 17.7. The second-order valence-electron chi connectivity index (χ2n) is 5.56. The molecule has 0 spiro atoms. The molecule has 3 aromatic rings. The molecule has 0 atom stereocenters. The number of nitrogen functional groups attached to an aromatic ring is 1. The van der Waals surface area contributed by atoms with Gasteiger partial charge >= 0.3 is 0 Å². The Balaban J connectivity index is 2.25. The molecule has 132 valence electrons. The van der Waals surface area contributed by atoms with Crippen LogP contribution in [0.15, 0.2) is 53.3 Å². The van der Waals surface area contributed by atoms with Gasteiger partial charge in [0.1, 0.15) is 6.07 Å². The molecule has 1 aromatic carbocycles. The van der Waals surface area contributed by atoms with E-state index in [0.717, 1.165) is 5.57 Å². The highest BCUT2D eigenvalue weighted by Gasteiger charge is 2.21. The molecule has 0 saturated carbocycles. The van der Waals surface area contributed by atoms with Crippen LogP contribution in [-0.4, -0.2) is 19.9 Å². The summed E-state index contributed by atoms with van der Waals surface area (Å²) in [7, 11) is 0. The Morgan fingerprint density at radius 1 is 1.37 bits per heavy atom. The van der Waals surface area contributed by atoms with Crippen molar-refractivity contribution >= 4 is 11.4 Å². The monoisotopic (exact) mass is 356 g/mol. The summed E-state index contributed by atoms with van der Waals surface area (Å²) in [5.74, 6) is 3.07. The summed E-state index contributed by atoms with van der Waals surface area (Å²) in [5, 5.41) is 17.0. The molecule has 0 unspecified atom stereocenters. The van der Waals surface area contributed by atoms with Crippen molar-refractivity contribution in [1.29, 1.82) is 5.26 Å². The summed E-state index contributed by atoms with van der Waals surface area (Å²) in [4.78, 5) is 4.65. The summed E-state index contributed by atoms with van der Waals surface area (Å²) in [5.41, 5.74) is 8.78. The van der Waals surface area contributed by atoms with Crippen LogP contribution in [0.3, 0.4) is 0 Å². The Bertz CT molecular complexity index is 1100. The molecule has 0 fully saturated rings. The van der Waals surface area contributed by atoms with E-state index < -0.39 is 0 Å². The molecule has 2 N–H and O–H groups in total. The molecule has 0 radical (unpaired) electrons. The van der Waals surface area contributed by atoms with Crippen molar-refractivity contribution in [1.82, 2.24) is 19.9 Å². The lowest BCUT2D eigenvalue weighted by atomic mass is 10.1. The van der Waals surface area contributed by atoms with Gasteiger partial charge in [-0.2, -0.15) is 5.26 Å². The number of hydrogen-bond donors (Lipinski definition) is 1. The Morgan fingerprint density at radius 3 is 2.85 bits per heavy atom. The van der Waals surface area contributed by atoms with E-state index in [9.17, 15) is 5.26 Å². The first-order chi connectivity index (χ1) is 13.2. The molecule has 3 rings (SSSR count). The standard InChI is InChI=1S/C20H16N6O/c1-3-5-9-14(8-4-2)16-13-26(17-11-7-6-10-15(17)12-21)20(23-16)18-19(22)25-27-24-18/h2-3,5-8,10-11,13H,9H2,1H3,(H2,22,25)/b5-3-,14-8+. The Hall–Kier alpha value is -4.10. The molecule has 0 saturated heterocycles. The number of hydrogen-bond acceptors (Lipinski definition) is 6. The van der Waals surface area contributed by atoms with E-state index in [4.69, 9.17) is 16.8 Å². The molecule has 2 heterocycles. The lowest BCUT2D eigenvalue weighted by molar-refractivity contribution is 0.310. The molecular weight excluding hydrogens is 340 g/mol. The van der Waals surface area contributed by atoms with Crippen LogP contribution in [-0.2, 0) is 0 Å². The van der Waals surface area contributed by atoms with E-state index >= 15 is 0 Å². The summed E-state index contributed by atoms with van der Waals surface area (Å²) in [6.45, 7) is 1.93. The van der Waals surface area contributed by atoms with Crippen LogP contribution in [0.2, 0.25) is 0 Å². The zero-order valence-electron chi connectivity index (χ0n) is 14.6. The molecule has 0 aliphatic heterocycles. The SMILES string of the molecule is C#C/C=C(\C/C=C\C)c1cn(-c2ccccc2C#N)c(-c2nonc2N)n1. The van der Waals surface area contributed by atoms with E-state index in [1.54, 1.807) is 29.0 Å². The first-order valence-corrected chi connectivity index (χ1v) is 8.13. The number of rotatable bonds is 5. The number of allylic oxidation sites excluding steroid dienone is 4. The van der Waals surface area contributed by atoms with Crippen LogP contribution >= 0.6 is 0 Å². The summed E-state index contributed by atoms with van der Waals surface area (Å²) < 4.78 is 6.47. The van der Waals surface area contributed by atoms with Gasteiger partial charge in [-0.05, 0) is 47.4 Å². The van der Waals surface area contributed by atoms with E-state index in [2.05, 4.69) is 27.3 Å². The highest BCUT2D eigenvalue weighted by Crippen LogP contribution is 2.29.